The lowest BCUT2D eigenvalue weighted by atomic mass is 9.98. The molecular weight excluding hydrogens is 467 g/mol. The molecule has 34 heavy (non-hydrogen) atoms. The molecule has 0 radical (unpaired) electrons. The van der Waals surface area contributed by atoms with Crippen molar-refractivity contribution in [1.29, 1.82) is 0 Å². The third-order valence-electron chi connectivity index (χ3n) is 5.40. The van der Waals surface area contributed by atoms with Gasteiger partial charge in [0.25, 0.3) is 0 Å². The topological polar surface area (TPSA) is 65.0 Å². The van der Waals surface area contributed by atoms with Crippen LogP contribution in [-0.2, 0) is 12.6 Å². The Morgan fingerprint density at radius 3 is 2.44 bits per heavy atom. The van der Waals surface area contributed by atoms with Crippen molar-refractivity contribution in [2.45, 2.75) is 26.4 Å². The summed E-state index contributed by atoms with van der Waals surface area (Å²) in [5, 5.41) is 0.830. The normalized spacial score (nSPS) is 11.6. The number of alkyl halides is 3. The molecule has 4 rings (SSSR count). The van der Waals surface area contributed by atoms with Gasteiger partial charge in [-0.05, 0) is 55.8 Å². The number of ether oxygens (including phenoxy) is 1. The number of ketones is 1. The molecule has 9 heteroatoms. The number of fused-ring (bicyclic) bond motifs is 1. The van der Waals surface area contributed by atoms with Gasteiger partial charge in [0, 0.05) is 46.1 Å². The van der Waals surface area contributed by atoms with E-state index in [0.717, 1.165) is 18.0 Å². The molecule has 0 saturated carbocycles. The largest absolute Gasteiger partial charge is 0.481 e. The molecule has 3 heterocycles. The first-order chi connectivity index (χ1) is 16.1. The number of aromatic nitrogens is 3. The van der Waals surface area contributed by atoms with E-state index in [1.807, 2.05) is 6.92 Å². The zero-order valence-electron chi connectivity index (χ0n) is 18.5. The highest BCUT2D eigenvalue weighted by Crippen LogP contribution is 2.35. The first kappa shape index (κ1) is 23.6. The number of hydrogen-bond donors (Lipinski definition) is 0. The molecule has 0 spiro atoms. The molecule has 0 amide bonds. The summed E-state index contributed by atoms with van der Waals surface area (Å²) < 4.78 is 43.9. The standard InChI is InChI=1S/C25H19ClF3N3O2/c1-13-4-7-17(14(2)31-13)23(33)16-6-8-20-18(11-16)22(26)19(24(32-20)34-3)10-15-5-9-21(30-12-15)25(27,28)29/h4-9,11-12H,10H2,1-3H3. The van der Waals surface area contributed by atoms with Gasteiger partial charge in [-0.3, -0.25) is 14.8 Å². The van der Waals surface area contributed by atoms with Gasteiger partial charge in [-0.25, -0.2) is 4.98 Å². The minimum atomic E-state index is -4.52. The number of carbonyl (C=O) groups is 1. The van der Waals surface area contributed by atoms with Crippen molar-refractivity contribution < 1.29 is 22.7 Å². The molecule has 1 aromatic carbocycles. The number of halogens is 4. The number of rotatable bonds is 5. The van der Waals surface area contributed by atoms with Crippen LogP contribution >= 0.6 is 11.6 Å². The van der Waals surface area contributed by atoms with Crippen LogP contribution in [0.15, 0.2) is 48.7 Å². The molecule has 0 unspecified atom stereocenters. The van der Waals surface area contributed by atoms with E-state index in [4.69, 9.17) is 16.3 Å². The van der Waals surface area contributed by atoms with Gasteiger partial charge in [0.15, 0.2) is 5.78 Å². The maximum Gasteiger partial charge on any atom is 0.433 e. The highest BCUT2D eigenvalue weighted by atomic mass is 35.5. The molecular formula is C25H19ClF3N3O2. The summed E-state index contributed by atoms with van der Waals surface area (Å²) in [6, 6.07) is 10.8. The van der Waals surface area contributed by atoms with Gasteiger partial charge in [0.05, 0.1) is 17.6 Å². The summed E-state index contributed by atoms with van der Waals surface area (Å²) in [7, 11) is 1.43. The van der Waals surface area contributed by atoms with E-state index in [9.17, 15) is 18.0 Å². The molecule has 0 aliphatic heterocycles. The van der Waals surface area contributed by atoms with E-state index >= 15 is 0 Å². The summed E-state index contributed by atoms with van der Waals surface area (Å²) in [5.74, 6) is 0.0438. The number of carbonyl (C=O) groups excluding carboxylic acids is 1. The first-order valence-electron chi connectivity index (χ1n) is 10.3. The monoisotopic (exact) mass is 485 g/mol. The summed E-state index contributed by atoms with van der Waals surface area (Å²) >= 11 is 6.71. The lowest BCUT2D eigenvalue weighted by Crippen LogP contribution is -2.08. The van der Waals surface area contributed by atoms with Gasteiger partial charge in [0.1, 0.15) is 5.69 Å². The maximum atomic E-state index is 13.1. The lowest BCUT2D eigenvalue weighted by molar-refractivity contribution is -0.141. The van der Waals surface area contributed by atoms with Gasteiger partial charge in [-0.2, -0.15) is 13.2 Å². The second-order valence-electron chi connectivity index (χ2n) is 7.79. The van der Waals surface area contributed by atoms with E-state index in [2.05, 4.69) is 15.0 Å². The predicted molar refractivity (Wildman–Crippen MR) is 122 cm³/mol. The fraction of sp³-hybridized carbons (Fsp3) is 0.200. The number of pyridine rings is 3. The summed E-state index contributed by atoms with van der Waals surface area (Å²) in [6.07, 6.45) is -3.22. The Morgan fingerprint density at radius 2 is 1.82 bits per heavy atom. The van der Waals surface area contributed by atoms with E-state index in [1.165, 1.54) is 13.2 Å². The van der Waals surface area contributed by atoms with E-state index in [1.54, 1.807) is 37.3 Å². The van der Waals surface area contributed by atoms with E-state index < -0.39 is 11.9 Å². The average Bonchev–Trinajstić information content (AvgIpc) is 2.80. The van der Waals surface area contributed by atoms with Gasteiger partial charge < -0.3 is 4.74 Å². The number of aryl methyl sites for hydroxylation is 2. The van der Waals surface area contributed by atoms with Crippen LogP contribution in [0.1, 0.15) is 44.1 Å². The molecule has 0 atom stereocenters. The van der Waals surface area contributed by atoms with Crippen molar-refractivity contribution in [2.24, 2.45) is 0 Å². The van der Waals surface area contributed by atoms with Gasteiger partial charge in [-0.15, -0.1) is 0 Å². The van der Waals surface area contributed by atoms with Gasteiger partial charge in [0.2, 0.25) is 5.88 Å². The van der Waals surface area contributed by atoms with Crippen LogP contribution in [0, 0.1) is 13.8 Å². The molecule has 174 valence electrons. The average molecular weight is 486 g/mol. The minimum absolute atomic E-state index is 0.148. The summed E-state index contributed by atoms with van der Waals surface area (Å²) in [5.41, 5.74) is 2.87. The minimum Gasteiger partial charge on any atom is -0.481 e. The van der Waals surface area contributed by atoms with E-state index in [0.29, 0.717) is 43.9 Å². The Morgan fingerprint density at radius 1 is 1.06 bits per heavy atom. The van der Waals surface area contributed by atoms with Crippen LogP contribution in [0.5, 0.6) is 5.88 Å². The number of nitrogens with zero attached hydrogens (tertiary/aromatic N) is 3. The molecule has 0 fully saturated rings. The Hall–Kier alpha value is -3.52. The number of hydrogen-bond acceptors (Lipinski definition) is 5. The Kier molecular flexibility index (Phi) is 6.27. The second-order valence-corrected chi connectivity index (χ2v) is 8.16. The number of benzene rings is 1. The quantitative estimate of drug-likeness (QED) is 0.317. The third kappa shape index (κ3) is 4.59. The maximum absolute atomic E-state index is 13.1. The number of methoxy groups -OCH3 is 1. The molecule has 0 aliphatic rings. The molecule has 4 aromatic rings. The fourth-order valence-corrected chi connectivity index (χ4v) is 3.99. The van der Waals surface area contributed by atoms with Gasteiger partial charge >= 0.3 is 6.18 Å². The third-order valence-corrected chi connectivity index (χ3v) is 5.83. The molecule has 0 bridgehead atoms. The van der Waals surface area contributed by atoms with Crippen LogP contribution in [0.3, 0.4) is 0 Å². The van der Waals surface area contributed by atoms with Crippen LogP contribution in [0.4, 0.5) is 13.2 Å². The molecule has 3 aromatic heterocycles. The van der Waals surface area contributed by atoms with Crippen molar-refractivity contribution in [3.05, 3.63) is 93.0 Å². The highest BCUT2D eigenvalue weighted by molar-refractivity contribution is 6.36. The van der Waals surface area contributed by atoms with Crippen molar-refractivity contribution in [3.63, 3.8) is 0 Å². The Bertz CT molecular complexity index is 1400. The Labute approximate surface area is 198 Å². The van der Waals surface area contributed by atoms with Crippen LogP contribution < -0.4 is 4.74 Å². The van der Waals surface area contributed by atoms with Crippen molar-refractivity contribution in [2.75, 3.05) is 7.11 Å². The van der Waals surface area contributed by atoms with Crippen molar-refractivity contribution in [1.82, 2.24) is 15.0 Å². The molecule has 0 aliphatic carbocycles. The van der Waals surface area contributed by atoms with Gasteiger partial charge in [-0.1, -0.05) is 17.7 Å². The second kappa shape index (κ2) is 9.02. The van der Waals surface area contributed by atoms with Crippen molar-refractivity contribution in [3.8, 4) is 5.88 Å². The van der Waals surface area contributed by atoms with Crippen LogP contribution in [0.2, 0.25) is 5.02 Å². The van der Waals surface area contributed by atoms with Crippen LogP contribution in [-0.4, -0.2) is 27.8 Å². The fourth-order valence-electron chi connectivity index (χ4n) is 3.69. The van der Waals surface area contributed by atoms with E-state index in [-0.39, 0.29) is 18.1 Å². The zero-order valence-corrected chi connectivity index (χ0v) is 19.3. The molecule has 5 nitrogen and oxygen atoms in total. The highest BCUT2D eigenvalue weighted by Gasteiger charge is 2.32. The molecule has 0 N–H and O–H groups in total. The zero-order chi connectivity index (χ0) is 24.6. The molecule has 0 saturated heterocycles. The Balaban J connectivity index is 1.75. The summed E-state index contributed by atoms with van der Waals surface area (Å²) in [6.45, 7) is 3.63. The van der Waals surface area contributed by atoms with Crippen molar-refractivity contribution >= 4 is 28.3 Å². The van der Waals surface area contributed by atoms with Crippen LogP contribution in [0.25, 0.3) is 10.9 Å². The SMILES string of the molecule is COc1nc2ccc(C(=O)c3ccc(C)nc3C)cc2c(Cl)c1Cc1ccc(C(F)(F)F)nc1. The predicted octanol–water partition coefficient (Wildman–Crippen LogP) is 6.14. The summed E-state index contributed by atoms with van der Waals surface area (Å²) in [4.78, 5) is 25.4. The first-order valence-corrected chi connectivity index (χ1v) is 10.6. The smallest absolute Gasteiger partial charge is 0.433 e. The lowest BCUT2D eigenvalue weighted by Gasteiger charge is -2.14.